The Morgan fingerprint density at radius 2 is 2.32 bits per heavy atom. The number of halogens is 1. The minimum absolute atomic E-state index is 0. The van der Waals surface area contributed by atoms with E-state index in [9.17, 15) is 0 Å². The predicted octanol–water partition coefficient (Wildman–Crippen LogP) is 1.89. The largest absolute Gasteiger partial charge is 0.370 e. The maximum Gasteiger partial charge on any atom is 0.191 e. The number of rotatable bonds is 2. The average Bonchev–Trinajstić information content (AvgIpc) is 2.67. The minimum atomic E-state index is 0. The Morgan fingerprint density at radius 3 is 2.89 bits per heavy atom. The van der Waals surface area contributed by atoms with Gasteiger partial charge in [0.15, 0.2) is 5.96 Å². The van der Waals surface area contributed by atoms with Gasteiger partial charge in [-0.2, -0.15) is 5.10 Å². The van der Waals surface area contributed by atoms with E-state index in [1.165, 1.54) is 12.8 Å². The van der Waals surface area contributed by atoms with Crippen molar-refractivity contribution in [3.8, 4) is 0 Å². The minimum Gasteiger partial charge on any atom is -0.370 e. The molecule has 2 heterocycles. The van der Waals surface area contributed by atoms with Crippen LogP contribution < -0.4 is 5.73 Å². The number of nitrogens with zero attached hydrogens (tertiary/aromatic N) is 4. The molecule has 108 valence electrons. The van der Waals surface area contributed by atoms with Gasteiger partial charge in [-0.1, -0.05) is 6.92 Å². The number of guanidine groups is 1. The highest BCUT2D eigenvalue weighted by Crippen LogP contribution is 2.15. The number of aryl methyl sites for hydroxylation is 1. The molecule has 1 atom stereocenters. The Morgan fingerprint density at radius 1 is 1.58 bits per heavy atom. The normalized spacial score (nSPS) is 20.3. The summed E-state index contributed by atoms with van der Waals surface area (Å²) in [4.78, 5) is 6.69. The summed E-state index contributed by atoms with van der Waals surface area (Å²) in [6, 6.07) is 0. The van der Waals surface area contributed by atoms with E-state index in [1.807, 2.05) is 17.9 Å². The third-order valence-corrected chi connectivity index (χ3v) is 3.73. The van der Waals surface area contributed by atoms with E-state index in [2.05, 4.69) is 28.8 Å². The summed E-state index contributed by atoms with van der Waals surface area (Å²) >= 11 is 0. The van der Waals surface area contributed by atoms with Crippen LogP contribution in [0.3, 0.4) is 0 Å². The molecule has 1 unspecified atom stereocenters. The first kappa shape index (κ1) is 16.3. The molecule has 2 N–H and O–H groups in total. The van der Waals surface area contributed by atoms with Crippen molar-refractivity contribution >= 4 is 29.9 Å². The van der Waals surface area contributed by atoms with E-state index in [0.29, 0.717) is 18.4 Å². The molecule has 0 saturated carbocycles. The standard InChI is InChI=1S/C13H23N5.HI/c1-10-5-4-6-18(9-10)13(14)15-7-12-8-16-17(3)11(12)2;/h8,10H,4-7,9H2,1-3H3,(H2,14,15);1H. The molecular weight excluding hydrogens is 353 g/mol. The van der Waals surface area contributed by atoms with Gasteiger partial charge in [0.1, 0.15) is 0 Å². The third-order valence-electron chi connectivity index (χ3n) is 3.73. The van der Waals surface area contributed by atoms with Gasteiger partial charge in [0, 0.05) is 31.4 Å². The SMILES string of the molecule is Cc1c(CN=C(N)N2CCCC(C)C2)cnn1C.I. The number of hydrogen-bond acceptors (Lipinski definition) is 2. The third kappa shape index (κ3) is 4.09. The molecule has 0 bridgehead atoms. The van der Waals surface area contributed by atoms with Crippen molar-refractivity contribution in [3.05, 3.63) is 17.5 Å². The fourth-order valence-corrected chi connectivity index (χ4v) is 2.36. The van der Waals surface area contributed by atoms with Gasteiger partial charge in [0.2, 0.25) is 0 Å². The summed E-state index contributed by atoms with van der Waals surface area (Å²) < 4.78 is 1.87. The molecule has 0 aliphatic carbocycles. The van der Waals surface area contributed by atoms with Crippen LogP contribution in [0.5, 0.6) is 0 Å². The molecule has 0 radical (unpaired) electrons. The molecule has 1 aliphatic rings. The summed E-state index contributed by atoms with van der Waals surface area (Å²) in [5.74, 6) is 1.39. The summed E-state index contributed by atoms with van der Waals surface area (Å²) in [7, 11) is 1.94. The van der Waals surface area contributed by atoms with E-state index >= 15 is 0 Å². The zero-order chi connectivity index (χ0) is 13.1. The molecule has 1 fully saturated rings. The second kappa shape index (κ2) is 7.12. The highest BCUT2D eigenvalue weighted by Gasteiger charge is 2.17. The highest BCUT2D eigenvalue weighted by atomic mass is 127. The van der Waals surface area contributed by atoms with Crippen molar-refractivity contribution < 1.29 is 0 Å². The van der Waals surface area contributed by atoms with Crippen molar-refractivity contribution in [2.45, 2.75) is 33.2 Å². The average molecular weight is 377 g/mol. The molecule has 1 aromatic rings. The monoisotopic (exact) mass is 377 g/mol. The lowest BCUT2D eigenvalue weighted by atomic mass is 10.0. The van der Waals surface area contributed by atoms with Crippen molar-refractivity contribution in [1.29, 1.82) is 0 Å². The lowest BCUT2D eigenvalue weighted by Crippen LogP contribution is -2.43. The molecular formula is C13H24IN5. The van der Waals surface area contributed by atoms with Crippen molar-refractivity contribution in [2.24, 2.45) is 23.7 Å². The van der Waals surface area contributed by atoms with Crippen LogP contribution in [0.15, 0.2) is 11.2 Å². The van der Waals surface area contributed by atoms with Crippen molar-refractivity contribution in [3.63, 3.8) is 0 Å². The summed E-state index contributed by atoms with van der Waals surface area (Å²) in [5.41, 5.74) is 8.36. The lowest BCUT2D eigenvalue weighted by Gasteiger charge is -2.31. The second-order valence-corrected chi connectivity index (χ2v) is 5.25. The summed E-state index contributed by atoms with van der Waals surface area (Å²) in [6.45, 7) is 7.01. The van der Waals surface area contributed by atoms with E-state index in [4.69, 9.17) is 5.73 Å². The number of piperidine rings is 1. The van der Waals surface area contributed by atoms with E-state index in [-0.39, 0.29) is 24.0 Å². The van der Waals surface area contributed by atoms with Crippen molar-refractivity contribution in [1.82, 2.24) is 14.7 Å². The summed E-state index contributed by atoms with van der Waals surface area (Å²) in [6.07, 6.45) is 4.37. The zero-order valence-electron chi connectivity index (χ0n) is 12.0. The quantitative estimate of drug-likeness (QED) is 0.487. The highest BCUT2D eigenvalue weighted by molar-refractivity contribution is 14.0. The van der Waals surface area contributed by atoms with E-state index < -0.39 is 0 Å². The van der Waals surface area contributed by atoms with Crippen LogP contribution >= 0.6 is 24.0 Å². The fraction of sp³-hybridized carbons (Fsp3) is 0.692. The van der Waals surface area contributed by atoms with Crippen LogP contribution in [0, 0.1) is 12.8 Å². The van der Waals surface area contributed by atoms with Crippen LogP contribution in [-0.4, -0.2) is 33.7 Å². The zero-order valence-corrected chi connectivity index (χ0v) is 14.3. The molecule has 1 aromatic heterocycles. The fourth-order valence-electron chi connectivity index (χ4n) is 2.36. The molecule has 0 aromatic carbocycles. The molecule has 19 heavy (non-hydrogen) atoms. The Kier molecular flexibility index (Phi) is 6.09. The Balaban J connectivity index is 0.00000180. The van der Waals surface area contributed by atoms with Crippen molar-refractivity contribution in [2.75, 3.05) is 13.1 Å². The lowest BCUT2D eigenvalue weighted by molar-refractivity contribution is 0.270. The van der Waals surface area contributed by atoms with Gasteiger partial charge in [-0.3, -0.25) is 4.68 Å². The molecule has 0 amide bonds. The topological polar surface area (TPSA) is 59.4 Å². The number of aliphatic imine (C=N–C) groups is 1. The first-order valence-corrected chi connectivity index (χ1v) is 6.60. The van der Waals surface area contributed by atoms with E-state index in [0.717, 1.165) is 24.3 Å². The van der Waals surface area contributed by atoms with Gasteiger partial charge < -0.3 is 10.6 Å². The maximum absolute atomic E-state index is 6.06. The van der Waals surface area contributed by atoms with Gasteiger partial charge in [-0.15, -0.1) is 24.0 Å². The van der Waals surface area contributed by atoms with Gasteiger partial charge >= 0.3 is 0 Å². The van der Waals surface area contributed by atoms with Crippen LogP contribution in [0.2, 0.25) is 0 Å². The summed E-state index contributed by atoms with van der Waals surface area (Å²) in [5, 5.41) is 4.21. The molecule has 1 saturated heterocycles. The second-order valence-electron chi connectivity index (χ2n) is 5.25. The number of nitrogens with two attached hydrogens (primary N) is 1. The molecule has 5 nitrogen and oxygen atoms in total. The Bertz CT molecular complexity index is 440. The van der Waals surface area contributed by atoms with Crippen LogP contribution in [0.25, 0.3) is 0 Å². The van der Waals surface area contributed by atoms with Gasteiger partial charge in [0.25, 0.3) is 0 Å². The smallest absolute Gasteiger partial charge is 0.191 e. The maximum atomic E-state index is 6.06. The number of aromatic nitrogens is 2. The molecule has 2 rings (SSSR count). The Labute approximate surface area is 132 Å². The molecule has 0 spiro atoms. The number of likely N-dealkylation sites (tertiary alicyclic amines) is 1. The first-order chi connectivity index (χ1) is 8.58. The van der Waals surface area contributed by atoms with Gasteiger partial charge in [-0.05, 0) is 25.7 Å². The van der Waals surface area contributed by atoms with Crippen LogP contribution in [-0.2, 0) is 13.6 Å². The molecule has 1 aliphatic heterocycles. The van der Waals surface area contributed by atoms with Gasteiger partial charge in [0.05, 0.1) is 12.7 Å². The van der Waals surface area contributed by atoms with E-state index in [1.54, 1.807) is 0 Å². The molecule has 6 heteroatoms. The first-order valence-electron chi connectivity index (χ1n) is 6.60. The predicted molar refractivity (Wildman–Crippen MR) is 88.7 cm³/mol. The Hall–Kier alpha value is -0.790. The van der Waals surface area contributed by atoms with Gasteiger partial charge in [-0.25, -0.2) is 4.99 Å². The van der Waals surface area contributed by atoms with Crippen LogP contribution in [0.4, 0.5) is 0 Å². The number of hydrogen-bond donors (Lipinski definition) is 1. The van der Waals surface area contributed by atoms with Crippen LogP contribution in [0.1, 0.15) is 31.0 Å².